The third-order valence-electron chi connectivity index (χ3n) is 4.69. The van der Waals surface area contributed by atoms with Crippen LogP contribution >= 0.6 is 11.3 Å². The van der Waals surface area contributed by atoms with E-state index in [2.05, 4.69) is 37.8 Å². The molecule has 0 aromatic carbocycles. The van der Waals surface area contributed by atoms with Gasteiger partial charge in [-0.25, -0.2) is 0 Å². The Balaban J connectivity index is 2.06. The Morgan fingerprint density at radius 2 is 2.10 bits per heavy atom. The van der Waals surface area contributed by atoms with Gasteiger partial charge in [-0.15, -0.1) is 11.3 Å². The van der Waals surface area contributed by atoms with Gasteiger partial charge in [0.2, 0.25) is 0 Å². The Hall–Kier alpha value is -0.870. The van der Waals surface area contributed by atoms with Crippen molar-refractivity contribution in [3.63, 3.8) is 0 Å². The van der Waals surface area contributed by atoms with Crippen molar-refractivity contribution in [3.05, 3.63) is 21.9 Å². The second-order valence-corrected chi connectivity index (χ2v) is 8.76. The van der Waals surface area contributed by atoms with Crippen LogP contribution in [-0.2, 0) is 16.8 Å². The number of nitrogens with zero attached hydrogens (tertiary/aromatic N) is 1. The summed E-state index contributed by atoms with van der Waals surface area (Å²) in [5.74, 6) is -0.463. The highest BCUT2D eigenvalue weighted by molar-refractivity contribution is 7.12. The molecule has 1 aromatic rings. The summed E-state index contributed by atoms with van der Waals surface area (Å²) in [5, 5.41) is 9.60. The Bertz CT molecular complexity index is 515. The molecule has 2 rings (SSSR count). The normalized spacial score (nSPS) is 23.9. The second kappa shape index (κ2) is 5.73. The van der Waals surface area contributed by atoms with E-state index in [1.165, 1.54) is 9.75 Å². The highest BCUT2D eigenvalue weighted by atomic mass is 32.1. The molecule has 118 valence electrons. The van der Waals surface area contributed by atoms with E-state index >= 15 is 0 Å². The fourth-order valence-electron chi connectivity index (χ4n) is 3.03. The molecular formula is C17H27NO2S. The largest absolute Gasteiger partial charge is 0.481 e. The third-order valence-corrected chi connectivity index (χ3v) is 6.19. The molecule has 0 aliphatic carbocycles. The van der Waals surface area contributed by atoms with Crippen molar-refractivity contribution >= 4 is 17.3 Å². The zero-order valence-corrected chi connectivity index (χ0v) is 14.6. The Kier molecular flexibility index (Phi) is 4.50. The van der Waals surface area contributed by atoms with Crippen molar-refractivity contribution < 1.29 is 9.90 Å². The van der Waals surface area contributed by atoms with Crippen LogP contribution in [0.1, 0.15) is 50.8 Å². The molecule has 0 saturated carbocycles. The summed E-state index contributed by atoms with van der Waals surface area (Å²) >= 11 is 1.85. The van der Waals surface area contributed by atoms with Gasteiger partial charge >= 0.3 is 5.97 Å². The molecule has 3 nitrogen and oxygen atoms in total. The van der Waals surface area contributed by atoms with Crippen LogP contribution in [0.4, 0.5) is 0 Å². The SMILES string of the molecule is CC(C)C1(C(=O)O)CCN(Cc2ccc(C(C)(C)C)s2)C1. The number of likely N-dealkylation sites (tertiary alicyclic amines) is 1. The number of hydrogen-bond acceptors (Lipinski definition) is 3. The quantitative estimate of drug-likeness (QED) is 0.914. The van der Waals surface area contributed by atoms with Crippen LogP contribution in [0.2, 0.25) is 0 Å². The van der Waals surface area contributed by atoms with Crippen LogP contribution in [-0.4, -0.2) is 29.1 Å². The average Bonchev–Trinajstić information content (AvgIpc) is 2.96. The van der Waals surface area contributed by atoms with Gasteiger partial charge in [0.05, 0.1) is 5.41 Å². The second-order valence-electron chi connectivity index (χ2n) is 7.59. The van der Waals surface area contributed by atoms with E-state index in [0.29, 0.717) is 6.54 Å². The first-order chi connectivity index (χ1) is 9.65. The Labute approximate surface area is 132 Å². The zero-order chi connectivity index (χ0) is 15.8. The topological polar surface area (TPSA) is 40.5 Å². The van der Waals surface area contributed by atoms with E-state index in [1.54, 1.807) is 0 Å². The summed E-state index contributed by atoms with van der Waals surface area (Å²) in [4.78, 5) is 16.7. The first-order valence-electron chi connectivity index (χ1n) is 7.70. The monoisotopic (exact) mass is 309 g/mol. The first-order valence-corrected chi connectivity index (χ1v) is 8.52. The molecule has 0 spiro atoms. The number of carboxylic acids is 1. The summed E-state index contributed by atoms with van der Waals surface area (Å²) < 4.78 is 0. The van der Waals surface area contributed by atoms with Crippen molar-refractivity contribution in [2.45, 2.75) is 53.0 Å². The minimum Gasteiger partial charge on any atom is -0.481 e. The highest BCUT2D eigenvalue weighted by Crippen LogP contribution is 2.39. The van der Waals surface area contributed by atoms with Gasteiger partial charge in [0, 0.05) is 22.8 Å². The first kappa shape index (κ1) is 16.5. The lowest BCUT2D eigenvalue weighted by atomic mass is 9.76. The molecule has 0 bridgehead atoms. The summed E-state index contributed by atoms with van der Waals surface area (Å²) in [6.07, 6.45) is 0.761. The molecule has 0 amide bonds. The van der Waals surface area contributed by atoms with E-state index in [9.17, 15) is 9.90 Å². The molecule has 1 aromatic heterocycles. The van der Waals surface area contributed by atoms with E-state index < -0.39 is 11.4 Å². The summed E-state index contributed by atoms with van der Waals surface area (Å²) in [6.45, 7) is 13.2. The maximum Gasteiger partial charge on any atom is 0.311 e. The molecule has 1 aliphatic rings. The Morgan fingerprint density at radius 1 is 1.43 bits per heavy atom. The number of carboxylic acid groups (broad SMARTS) is 1. The van der Waals surface area contributed by atoms with Crippen LogP contribution in [0.25, 0.3) is 0 Å². The minimum atomic E-state index is -0.637. The number of hydrogen-bond donors (Lipinski definition) is 1. The van der Waals surface area contributed by atoms with Gasteiger partial charge in [0.25, 0.3) is 0 Å². The molecule has 1 N–H and O–H groups in total. The molecule has 1 saturated heterocycles. The minimum absolute atomic E-state index is 0.175. The van der Waals surface area contributed by atoms with Crippen molar-refractivity contribution in [1.82, 2.24) is 4.90 Å². The predicted octanol–water partition coefficient (Wildman–Crippen LogP) is 3.98. The van der Waals surface area contributed by atoms with Gasteiger partial charge in [-0.2, -0.15) is 0 Å². The van der Waals surface area contributed by atoms with E-state index in [4.69, 9.17) is 0 Å². The molecule has 1 fully saturated rings. The van der Waals surface area contributed by atoms with Crippen molar-refractivity contribution in [2.75, 3.05) is 13.1 Å². The number of aliphatic carboxylic acids is 1. The van der Waals surface area contributed by atoms with Gasteiger partial charge in [-0.1, -0.05) is 34.6 Å². The molecular weight excluding hydrogens is 282 g/mol. The fourth-order valence-corrected chi connectivity index (χ4v) is 4.14. The van der Waals surface area contributed by atoms with E-state index in [0.717, 1.165) is 19.5 Å². The Morgan fingerprint density at radius 3 is 2.52 bits per heavy atom. The fraction of sp³-hybridized carbons (Fsp3) is 0.706. The molecule has 1 aliphatic heterocycles. The van der Waals surface area contributed by atoms with Crippen LogP contribution < -0.4 is 0 Å². The zero-order valence-electron chi connectivity index (χ0n) is 13.8. The molecule has 21 heavy (non-hydrogen) atoms. The van der Waals surface area contributed by atoms with Gasteiger partial charge in [0.1, 0.15) is 0 Å². The molecule has 0 radical (unpaired) electrons. The number of thiophene rings is 1. The maximum atomic E-state index is 11.7. The van der Waals surface area contributed by atoms with Gasteiger partial charge in [-0.05, 0) is 36.4 Å². The summed E-state index contributed by atoms with van der Waals surface area (Å²) in [6, 6.07) is 4.41. The summed E-state index contributed by atoms with van der Waals surface area (Å²) in [7, 11) is 0. The van der Waals surface area contributed by atoms with E-state index in [-0.39, 0.29) is 11.3 Å². The third kappa shape index (κ3) is 3.32. The standard InChI is InChI=1S/C17H27NO2S/c1-12(2)17(15(19)20)8-9-18(11-17)10-13-6-7-14(21-13)16(3,4)5/h6-7,12H,8-11H2,1-5H3,(H,19,20). The lowest BCUT2D eigenvalue weighted by molar-refractivity contribution is -0.151. The molecule has 4 heteroatoms. The number of carbonyl (C=O) groups is 1. The maximum absolute atomic E-state index is 11.7. The van der Waals surface area contributed by atoms with Crippen LogP contribution in [0, 0.1) is 11.3 Å². The van der Waals surface area contributed by atoms with Gasteiger partial charge in [0.15, 0.2) is 0 Å². The highest BCUT2D eigenvalue weighted by Gasteiger charge is 2.47. The lowest BCUT2D eigenvalue weighted by Gasteiger charge is -2.28. The van der Waals surface area contributed by atoms with Crippen molar-refractivity contribution in [2.24, 2.45) is 11.3 Å². The molecule has 1 atom stereocenters. The lowest BCUT2D eigenvalue weighted by Crippen LogP contribution is -2.39. The average molecular weight is 309 g/mol. The van der Waals surface area contributed by atoms with Crippen LogP contribution in [0.3, 0.4) is 0 Å². The van der Waals surface area contributed by atoms with Crippen LogP contribution in [0.15, 0.2) is 12.1 Å². The molecule has 1 unspecified atom stereocenters. The molecule has 2 heterocycles. The number of rotatable bonds is 4. The van der Waals surface area contributed by atoms with Crippen LogP contribution in [0.5, 0.6) is 0 Å². The predicted molar refractivity (Wildman–Crippen MR) is 87.8 cm³/mol. The van der Waals surface area contributed by atoms with E-state index in [1.807, 2.05) is 25.2 Å². The van der Waals surface area contributed by atoms with Crippen molar-refractivity contribution in [3.8, 4) is 0 Å². The summed E-state index contributed by atoms with van der Waals surface area (Å²) in [5.41, 5.74) is -0.374. The van der Waals surface area contributed by atoms with Gasteiger partial charge in [-0.3, -0.25) is 9.69 Å². The smallest absolute Gasteiger partial charge is 0.311 e. The van der Waals surface area contributed by atoms with Crippen molar-refractivity contribution in [1.29, 1.82) is 0 Å². The van der Waals surface area contributed by atoms with Gasteiger partial charge < -0.3 is 5.11 Å².